The van der Waals surface area contributed by atoms with Gasteiger partial charge >= 0.3 is 0 Å². The number of rotatable bonds is 2. The summed E-state index contributed by atoms with van der Waals surface area (Å²) in [4.78, 5) is 11.1. The van der Waals surface area contributed by atoms with Gasteiger partial charge in [0.15, 0.2) is 5.82 Å². The predicted molar refractivity (Wildman–Crippen MR) is 234 cm³/mol. The lowest BCUT2D eigenvalue weighted by Gasteiger charge is -2.33. The van der Waals surface area contributed by atoms with Crippen molar-refractivity contribution >= 4 is 38.3 Å². The Labute approximate surface area is 331 Å². The highest BCUT2D eigenvalue weighted by Crippen LogP contribution is 2.64. The van der Waals surface area contributed by atoms with Crippen molar-refractivity contribution in [2.45, 2.75) is 37.5 Å². The van der Waals surface area contributed by atoms with Gasteiger partial charge in [0, 0.05) is 32.7 Å². The van der Waals surface area contributed by atoms with Crippen LogP contribution in [0.15, 0.2) is 169 Å². The standard InChI is InChI=1S/C54H37N3/c1-53(2)40-23-9-5-19-36(40)48-39(22-15-27-44(48)53)51-55-46-28-13-7-21-38(46)52(56-51)57-47-29-14-8-18-34(47)35-30-31-45-49(50(35)57)37-20-6-12-26-43(37)54(45)41-24-10-3-16-32(41)33-17-4-11-25-42(33)54/h3-11,13-25,27-31H,12,26H2,1-2H3. The highest BCUT2D eigenvalue weighted by Gasteiger charge is 2.53. The number of hydrogen-bond acceptors (Lipinski definition) is 2. The van der Waals surface area contributed by atoms with Crippen LogP contribution in [0.2, 0.25) is 0 Å². The monoisotopic (exact) mass is 727 g/mol. The molecule has 9 aromatic rings. The fourth-order valence-electron chi connectivity index (χ4n) is 11.5. The molecule has 0 radical (unpaired) electrons. The largest absolute Gasteiger partial charge is 0.293 e. The second-order valence-electron chi connectivity index (χ2n) is 16.7. The molecule has 57 heavy (non-hydrogen) atoms. The van der Waals surface area contributed by atoms with Crippen molar-refractivity contribution in [2.24, 2.45) is 0 Å². The molecule has 268 valence electrons. The van der Waals surface area contributed by atoms with E-state index in [2.05, 4.69) is 182 Å². The zero-order valence-corrected chi connectivity index (χ0v) is 31.8. The third-order valence-electron chi connectivity index (χ3n) is 13.7. The van der Waals surface area contributed by atoms with Crippen LogP contribution in [0.25, 0.3) is 77.7 Å². The van der Waals surface area contributed by atoms with E-state index in [9.17, 15) is 0 Å². The third-order valence-corrected chi connectivity index (χ3v) is 13.7. The van der Waals surface area contributed by atoms with E-state index in [4.69, 9.17) is 9.97 Å². The molecule has 3 heteroatoms. The molecule has 0 aliphatic heterocycles. The average Bonchev–Trinajstić information content (AvgIpc) is 3.94. The molecule has 7 aromatic carbocycles. The summed E-state index contributed by atoms with van der Waals surface area (Å²) in [6.07, 6.45) is 6.86. The first-order valence-electron chi connectivity index (χ1n) is 20.2. The van der Waals surface area contributed by atoms with Crippen LogP contribution in [-0.2, 0) is 10.8 Å². The predicted octanol–water partition coefficient (Wildman–Crippen LogP) is 13.1. The number of benzene rings is 7. The van der Waals surface area contributed by atoms with Crippen molar-refractivity contribution in [3.63, 3.8) is 0 Å². The molecule has 0 unspecified atom stereocenters. The van der Waals surface area contributed by atoms with Crippen LogP contribution in [0, 0.1) is 0 Å². The summed E-state index contributed by atoms with van der Waals surface area (Å²) in [6, 6.07) is 56.1. The van der Waals surface area contributed by atoms with E-state index in [1.165, 1.54) is 83.1 Å². The van der Waals surface area contributed by atoms with Gasteiger partial charge in [-0.2, -0.15) is 0 Å². The van der Waals surface area contributed by atoms with Crippen molar-refractivity contribution in [3.05, 3.63) is 203 Å². The Balaban J connectivity index is 1.17. The number of aromatic nitrogens is 3. The molecular weight excluding hydrogens is 691 g/mol. The summed E-state index contributed by atoms with van der Waals surface area (Å²) in [5, 5.41) is 3.51. The minimum Gasteiger partial charge on any atom is -0.293 e. The Morgan fingerprint density at radius 1 is 0.509 bits per heavy atom. The van der Waals surface area contributed by atoms with Crippen LogP contribution in [-0.4, -0.2) is 14.5 Å². The Hall–Kier alpha value is -6.84. The van der Waals surface area contributed by atoms with Crippen LogP contribution in [0.4, 0.5) is 0 Å². The molecule has 13 rings (SSSR count). The summed E-state index contributed by atoms with van der Waals surface area (Å²) < 4.78 is 2.48. The van der Waals surface area contributed by atoms with E-state index in [1.54, 1.807) is 0 Å². The van der Waals surface area contributed by atoms with Gasteiger partial charge in [0.05, 0.1) is 22.0 Å². The zero-order chi connectivity index (χ0) is 37.6. The van der Waals surface area contributed by atoms with Gasteiger partial charge in [-0.3, -0.25) is 4.57 Å². The van der Waals surface area contributed by atoms with E-state index < -0.39 is 0 Å². The van der Waals surface area contributed by atoms with Gasteiger partial charge in [0.2, 0.25) is 0 Å². The highest BCUT2D eigenvalue weighted by atomic mass is 15.1. The number of para-hydroxylation sites is 2. The van der Waals surface area contributed by atoms with E-state index in [0.29, 0.717) is 0 Å². The van der Waals surface area contributed by atoms with E-state index in [0.717, 1.165) is 46.5 Å². The van der Waals surface area contributed by atoms with Crippen LogP contribution < -0.4 is 0 Å². The summed E-state index contributed by atoms with van der Waals surface area (Å²) in [7, 11) is 0. The molecule has 2 aromatic heterocycles. The normalized spacial score (nSPS) is 16.2. The molecule has 0 saturated heterocycles. The first kappa shape index (κ1) is 31.4. The maximum Gasteiger partial charge on any atom is 0.162 e. The quantitative estimate of drug-likeness (QED) is 0.177. The maximum absolute atomic E-state index is 5.72. The van der Waals surface area contributed by atoms with Gasteiger partial charge in [0.1, 0.15) is 5.82 Å². The van der Waals surface area contributed by atoms with E-state index in [-0.39, 0.29) is 10.8 Å². The van der Waals surface area contributed by atoms with Crippen molar-refractivity contribution in [3.8, 4) is 39.5 Å². The van der Waals surface area contributed by atoms with Crippen LogP contribution in [0.5, 0.6) is 0 Å². The Morgan fingerprint density at radius 3 is 1.96 bits per heavy atom. The number of hydrogen-bond donors (Lipinski definition) is 0. The fourth-order valence-corrected chi connectivity index (χ4v) is 11.5. The average molecular weight is 728 g/mol. The molecular formula is C54H37N3. The van der Waals surface area contributed by atoms with E-state index >= 15 is 0 Å². The molecule has 4 aliphatic rings. The zero-order valence-electron chi connectivity index (χ0n) is 31.8. The number of fused-ring (bicyclic) bond motifs is 17. The smallest absolute Gasteiger partial charge is 0.162 e. The summed E-state index contributed by atoms with van der Waals surface area (Å²) >= 11 is 0. The van der Waals surface area contributed by atoms with Gasteiger partial charge < -0.3 is 0 Å². The summed E-state index contributed by atoms with van der Waals surface area (Å²) in [6.45, 7) is 4.67. The molecule has 1 spiro atoms. The van der Waals surface area contributed by atoms with Gasteiger partial charge in [-0.1, -0.05) is 159 Å². The number of allylic oxidation sites excluding steroid dienone is 4. The lowest BCUT2D eigenvalue weighted by Crippen LogP contribution is -2.27. The lowest BCUT2D eigenvalue weighted by atomic mass is 9.68. The first-order valence-corrected chi connectivity index (χ1v) is 20.2. The number of nitrogens with zero attached hydrogens (tertiary/aromatic N) is 3. The highest BCUT2D eigenvalue weighted by molar-refractivity contribution is 6.16. The molecule has 0 fully saturated rings. The Bertz CT molecular complexity index is 3290. The second kappa shape index (κ2) is 10.9. The Kier molecular flexibility index (Phi) is 6.01. The SMILES string of the molecule is CC1(C)c2ccccc2-c2c(-c3nc(-n4c5ccccc5c5ccc6c(c54)C4=C(CCC=C4)C64c5ccccc5-c5ccccc54)c4ccccc4n3)cccc21. The molecule has 0 atom stereocenters. The molecule has 0 amide bonds. The van der Waals surface area contributed by atoms with Gasteiger partial charge in [-0.15, -0.1) is 0 Å². The maximum atomic E-state index is 5.72. The molecule has 2 heterocycles. The molecule has 0 saturated carbocycles. The first-order chi connectivity index (χ1) is 28.1. The van der Waals surface area contributed by atoms with Crippen molar-refractivity contribution in [1.29, 1.82) is 0 Å². The van der Waals surface area contributed by atoms with Crippen LogP contribution in [0.1, 0.15) is 60.1 Å². The second-order valence-corrected chi connectivity index (χ2v) is 16.7. The van der Waals surface area contributed by atoms with Gasteiger partial charge in [-0.05, 0) is 92.3 Å². The molecule has 0 bridgehead atoms. The van der Waals surface area contributed by atoms with Crippen molar-refractivity contribution < 1.29 is 0 Å². The molecule has 4 aliphatic carbocycles. The molecule has 3 nitrogen and oxygen atoms in total. The lowest BCUT2D eigenvalue weighted by molar-refractivity contribution is 0.660. The van der Waals surface area contributed by atoms with Gasteiger partial charge in [0.25, 0.3) is 0 Å². The topological polar surface area (TPSA) is 30.7 Å². The van der Waals surface area contributed by atoms with Gasteiger partial charge in [-0.25, -0.2) is 9.97 Å². The third kappa shape index (κ3) is 3.78. The van der Waals surface area contributed by atoms with E-state index in [1.807, 2.05) is 0 Å². The summed E-state index contributed by atoms with van der Waals surface area (Å²) in [5.41, 5.74) is 20.1. The fraction of sp³-hybridized carbons (Fsp3) is 0.111. The molecule has 0 N–H and O–H groups in total. The van der Waals surface area contributed by atoms with Crippen LogP contribution >= 0.6 is 0 Å². The van der Waals surface area contributed by atoms with Crippen molar-refractivity contribution in [1.82, 2.24) is 14.5 Å². The summed E-state index contributed by atoms with van der Waals surface area (Å²) in [5.74, 6) is 1.66. The minimum absolute atomic E-state index is 0.124. The van der Waals surface area contributed by atoms with Crippen LogP contribution in [0.3, 0.4) is 0 Å². The Morgan fingerprint density at radius 2 is 1.16 bits per heavy atom. The minimum atomic E-state index is -0.359. The van der Waals surface area contributed by atoms with Crippen molar-refractivity contribution in [2.75, 3.05) is 0 Å².